The van der Waals surface area contributed by atoms with Crippen LogP contribution in [0.2, 0.25) is 0 Å². The van der Waals surface area contributed by atoms with E-state index in [1.54, 1.807) is 0 Å². The first-order chi connectivity index (χ1) is 13.6. The van der Waals surface area contributed by atoms with Crippen molar-refractivity contribution in [2.75, 3.05) is 6.54 Å². The summed E-state index contributed by atoms with van der Waals surface area (Å²) in [6, 6.07) is 9.20. The van der Waals surface area contributed by atoms with E-state index in [4.69, 9.17) is 0 Å². The Morgan fingerprint density at radius 1 is 0.964 bits per heavy atom. The summed E-state index contributed by atoms with van der Waals surface area (Å²) in [5.41, 5.74) is 0.987. The highest BCUT2D eigenvalue weighted by atomic mass is 16.2. The molecule has 0 unspecified atom stereocenters. The van der Waals surface area contributed by atoms with Crippen LogP contribution in [-0.2, 0) is 20.8 Å². The minimum absolute atomic E-state index is 0.0589. The second-order valence-electron chi connectivity index (χ2n) is 8.63. The lowest BCUT2D eigenvalue weighted by molar-refractivity contribution is -0.153. The molecule has 4 rings (SSSR count). The molecule has 0 bridgehead atoms. The van der Waals surface area contributed by atoms with Crippen LogP contribution in [0.3, 0.4) is 0 Å². The summed E-state index contributed by atoms with van der Waals surface area (Å²) in [4.78, 5) is 43.2. The minimum atomic E-state index is -0.714. The van der Waals surface area contributed by atoms with Crippen molar-refractivity contribution >= 4 is 17.7 Å². The van der Waals surface area contributed by atoms with Gasteiger partial charge in [0.05, 0.1) is 11.8 Å². The SMILES string of the molecule is C[C@H]1CCCCN1C(=O)[C@H](Cc1ccccc1)N1C(=O)[C@H]2CCCC[C@H]2C1=O. The lowest BCUT2D eigenvalue weighted by Crippen LogP contribution is -2.55. The zero-order valence-electron chi connectivity index (χ0n) is 16.7. The van der Waals surface area contributed by atoms with Gasteiger partial charge in [-0.3, -0.25) is 19.3 Å². The summed E-state index contributed by atoms with van der Waals surface area (Å²) in [5, 5.41) is 0. The number of fused-ring (bicyclic) bond motifs is 1. The molecule has 0 N–H and O–H groups in total. The Kier molecular flexibility index (Phi) is 5.51. The molecule has 0 aromatic heterocycles. The molecule has 5 heteroatoms. The van der Waals surface area contributed by atoms with E-state index in [-0.39, 0.29) is 35.6 Å². The fourth-order valence-corrected chi connectivity index (χ4v) is 5.24. The van der Waals surface area contributed by atoms with E-state index in [1.807, 2.05) is 35.2 Å². The largest absolute Gasteiger partial charge is 0.338 e. The Bertz CT molecular complexity index is 723. The third-order valence-electron chi connectivity index (χ3n) is 6.83. The second kappa shape index (κ2) is 8.06. The summed E-state index contributed by atoms with van der Waals surface area (Å²) >= 11 is 0. The number of hydrogen-bond acceptors (Lipinski definition) is 3. The van der Waals surface area contributed by atoms with Crippen molar-refractivity contribution in [3.63, 3.8) is 0 Å². The minimum Gasteiger partial charge on any atom is -0.338 e. The lowest BCUT2D eigenvalue weighted by Gasteiger charge is -2.38. The average Bonchev–Trinajstić information content (AvgIpc) is 2.98. The van der Waals surface area contributed by atoms with Gasteiger partial charge < -0.3 is 4.90 Å². The molecule has 4 atom stereocenters. The topological polar surface area (TPSA) is 57.7 Å². The van der Waals surface area contributed by atoms with Gasteiger partial charge in [0.1, 0.15) is 6.04 Å². The molecule has 1 aromatic carbocycles. The van der Waals surface area contributed by atoms with Gasteiger partial charge >= 0.3 is 0 Å². The van der Waals surface area contributed by atoms with Gasteiger partial charge in [-0.2, -0.15) is 0 Å². The normalized spacial score (nSPS) is 29.0. The van der Waals surface area contributed by atoms with Gasteiger partial charge in [0.2, 0.25) is 17.7 Å². The van der Waals surface area contributed by atoms with Crippen LogP contribution in [0, 0.1) is 11.8 Å². The van der Waals surface area contributed by atoms with Crippen LogP contribution in [0.5, 0.6) is 0 Å². The summed E-state index contributed by atoms with van der Waals surface area (Å²) in [5.74, 6) is -0.726. The van der Waals surface area contributed by atoms with E-state index in [9.17, 15) is 14.4 Å². The first-order valence-electron chi connectivity index (χ1n) is 10.8. The van der Waals surface area contributed by atoms with Crippen molar-refractivity contribution in [1.29, 1.82) is 0 Å². The highest BCUT2D eigenvalue weighted by molar-refractivity contribution is 6.08. The first kappa shape index (κ1) is 19.2. The molecular weight excluding hydrogens is 352 g/mol. The molecular formula is C23H30N2O3. The molecule has 2 heterocycles. The summed E-state index contributed by atoms with van der Waals surface area (Å²) in [6.07, 6.45) is 7.04. The number of likely N-dealkylation sites (tertiary alicyclic amines) is 2. The van der Waals surface area contributed by atoms with Crippen LogP contribution in [0.25, 0.3) is 0 Å². The Morgan fingerprint density at radius 3 is 2.18 bits per heavy atom. The van der Waals surface area contributed by atoms with Gasteiger partial charge in [-0.05, 0) is 44.6 Å². The number of benzene rings is 1. The van der Waals surface area contributed by atoms with Crippen LogP contribution in [-0.4, -0.2) is 46.1 Å². The van der Waals surface area contributed by atoms with E-state index in [2.05, 4.69) is 6.92 Å². The number of rotatable bonds is 4. The summed E-state index contributed by atoms with van der Waals surface area (Å²) < 4.78 is 0. The van der Waals surface area contributed by atoms with Crippen molar-refractivity contribution in [3.05, 3.63) is 35.9 Å². The molecule has 150 valence electrons. The van der Waals surface area contributed by atoms with Gasteiger partial charge in [0.15, 0.2) is 0 Å². The zero-order valence-corrected chi connectivity index (χ0v) is 16.7. The maximum atomic E-state index is 13.6. The van der Waals surface area contributed by atoms with E-state index in [0.29, 0.717) is 13.0 Å². The molecule has 1 aromatic rings. The number of carbonyl (C=O) groups is 3. The fourth-order valence-electron chi connectivity index (χ4n) is 5.24. The van der Waals surface area contributed by atoms with Crippen molar-refractivity contribution in [3.8, 4) is 0 Å². The average molecular weight is 383 g/mol. The summed E-state index contributed by atoms with van der Waals surface area (Å²) in [7, 11) is 0. The molecule has 0 radical (unpaired) electrons. The van der Waals surface area contributed by atoms with Crippen molar-refractivity contribution < 1.29 is 14.4 Å². The quantitative estimate of drug-likeness (QED) is 0.752. The first-order valence-corrected chi connectivity index (χ1v) is 10.8. The van der Waals surface area contributed by atoms with Crippen LogP contribution >= 0.6 is 0 Å². The molecule has 1 saturated carbocycles. The highest BCUT2D eigenvalue weighted by Crippen LogP contribution is 2.39. The van der Waals surface area contributed by atoms with Gasteiger partial charge in [-0.25, -0.2) is 0 Å². The van der Waals surface area contributed by atoms with Gasteiger partial charge in [0.25, 0.3) is 0 Å². The smallest absolute Gasteiger partial charge is 0.246 e. The van der Waals surface area contributed by atoms with E-state index in [1.165, 1.54) is 4.90 Å². The Labute approximate surface area is 167 Å². The van der Waals surface area contributed by atoms with Crippen LogP contribution in [0.15, 0.2) is 30.3 Å². The number of carbonyl (C=O) groups excluding carboxylic acids is 3. The van der Waals surface area contributed by atoms with Crippen molar-refractivity contribution in [2.45, 2.75) is 70.4 Å². The maximum absolute atomic E-state index is 13.6. The number of piperidine rings is 1. The molecule has 3 aliphatic rings. The second-order valence-corrected chi connectivity index (χ2v) is 8.63. The molecule has 2 aliphatic heterocycles. The number of imide groups is 1. The third kappa shape index (κ3) is 3.47. The predicted molar refractivity (Wildman–Crippen MR) is 106 cm³/mol. The standard InChI is InChI=1S/C23H30N2O3/c1-16-9-7-8-14-24(16)23(28)20(15-17-10-3-2-4-11-17)25-21(26)18-12-5-6-13-19(18)22(25)27/h2-4,10-11,16,18-20H,5-9,12-15H2,1H3/t16-,18-,19+,20-/m0/s1. The van der Waals surface area contributed by atoms with Gasteiger partial charge in [-0.15, -0.1) is 0 Å². The lowest BCUT2D eigenvalue weighted by atomic mass is 9.81. The van der Waals surface area contributed by atoms with Crippen LogP contribution < -0.4 is 0 Å². The third-order valence-corrected chi connectivity index (χ3v) is 6.83. The number of amides is 3. The molecule has 5 nitrogen and oxygen atoms in total. The van der Waals surface area contributed by atoms with E-state index >= 15 is 0 Å². The van der Waals surface area contributed by atoms with Gasteiger partial charge in [0, 0.05) is 19.0 Å². The summed E-state index contributed by atoms with van der Waals surface area (Å²) in [6.45, 7) is 2.79. The predicted octanol–water partition coefficient (Wildman–Crippen LogP) is 3.17. The van der Waals surface area contributed by atoms with E-state index < -0.39 is 6.04 Å². The molecule has 3 fully saturated rings. The highest BCUT2D eigenvalue weighted by Gasteiger charge is 2.52. The van der Waals surface area contributed by atoms with Crippen molar-refractivity contribution in [2.24, 2.45) is 11.8 Å². The van der Waals surface area contributed by atoms with Gasteiger partial charge in [-0.1, -0.05) is 43.2 Å². The Balaban J connectivity index is 1.65. The maximum Gasteiger partial charge on any atom is 0.246 e. The molecule has 28 heavy (non-hydrogen) atoms. The molecule has 1 aliphatic carbocycles. The van der Waals surface area contributed by atoms with Crippen molar-refractivity contribution in [1.82, 2.24) is 9.80 Å². The monoisotopic (exact) mass is 382 g/mol. The molecule has 0 spiro atoms. The Morgan fingerprint density at radius 2 is 1.57 bits per heavy atom. The zero-order chi connectivity index (χ0) is 19.7. The number of hydrogen-bond donors (Lipinski definition) is 0. The molecule has 3 amide bonds. The number of nitrogens with zero attached hydrogens (tertiary/aromatic N) is 2. The fraction of sp³-hybridized carbons (Fsp3) is 0.609. The van der Waals surface area contributed by atoms with Crippen LogP contribution in [0.1, 0.15) is 57.4 Å². The van der Waals surface area contributed by atoms with E-state index in [0.717, 1.165) is 50.5 Å². The Hall–Kier alpha value is -2.17. The van der Waals surface area contributed by atoms with Crippen LogP contribution in [0.4, 0.5) is 0 Å². The molecule has 2 saturated heterocycles.